The van der Waals surface area contributed by atoms with Gasteiger partial charge in [0.1, 0.15) is 0 Å². The van der Waals surface area contributed by atoms with Crippen LogP contribution < -0.4 is 0 Å². The highest BCUT2D eigenvalue weighted by atomic mass is 16.9. The van der Waals surface area contributed by atoms with E-state index in [1.54, 1.807) is 0 Å². The average molecular weight is 162 g/mol. The monoisotopic (exact) mass is 162 g/mol. The van der Waals surface area contributed by atoms with Gasteiger partial charge < -0.3 is 9.74 Å². The zero-order chi connectivity index (χ0) is 8.69. The summed E-state index contributed by atoms with van der Waals surface area (Å²) in [6.07, 6.45) is 0.700. The summed E-state index contributed by atoms with van der Waals surface area (Å²) in [5.74, 6) is 0. The molecule has 0 aliphatic heterocycles. The van der Waals surface area contributed by atoms with Gasteiger partial charge in [-0.05, 0) is 26.6 Å². The topological polar surface area (TPSA) is 55.6 Å². The standard InChI is InChI=1S/C6H14N2O3/c1-3-7(2)5-4-6-11-8(9)10/h3-6H2,1-2H3. The van der Waals surface area contributed by atoms with Crippen LogP contribution in [0.4, 0.5) is 0 Å². The first-order valence-corrected chi connectivity index (χ1v) is 3.62. The van der Waals surface area contributed by atoms with Crippen molar-refractivity contribution in [1.82, 2.24) is 4.90 Å². The van der Waals surface area contributed by atoms with Gasteiger partial charge in [0.25, 0.3) is 5.09 Å². The summed E-state index contributed by atoms with van der Waals surface area (Å²) in [5, 5.41) is 8.93. The Morgan fingerprint density at radius 3 is 2.73 bits per heavy atom. The quantitative estimate of drug-likeness (QED) is 0.325. The molecule has 0 spiro atoms. The van der Waals surface area contributed by atoms with Crippen molar-refractivity contribution >= 4 is 0 Å². The molecule has 66 valence electrons. The van der Waals surface area contributed by atoms with E-state index in [1.807, 2.05) is 14.0 Å². The molecule has 0 aliphatic rings. The van der Waals surface area contributed by atoms with Crippen molar-refractivity contribution in [2.75, 3.05) is 26.7 Å². The summed E-state index contributed by atoms with van der Waals surface area (Å²) in [7, 11) is 1.96. The Labute approximate surface area is 66.0 Å². The van der Waals surface area contributed by atoms with Crippen LogP contribution in [0.15, 0.2) is 0 Å². The van der Waals surface area contributed by atoms with E-state index in [2.05, 4.69) is 9.74 Å². The number of hydrogen-bond donors (Lipinski definition) is 0. The minimum atomic E-state index is -0.758. The molecule has 0 saturated carbocycles. The molecular weight excluding hydrogens is 148 g/mol. The summed E-state index contributed by atoms with van der Waals surface area (Å²) >= 11 is 0. The zero-order valence-electron chi connectivity index (χ0n) is 6.95. The van der Waals surface area contributed by atoms with Crippen LogP contribution in [0, 0.1) is 10.1 Å². The molecule has 0 aromatic carbocycles. The molecule has 0 rings (SSSR count). The Bertz CT molecular complexity index is 118. The molecule has 0 amide bonds. The fraction of sp³-hybridized carbons (Fsp3) is 1.00. The predicted octanol–water partition coefficient (Wildman–Crippen LogP) is 0.537. The molecule has 5 nitrogen and oxygen atoms in total. The Balaban J connectivity index is 3.08. The minimum Gasteiger partial charge on any atom is -0.314 e. The predicted molar refractivity (Wildman–Crippen MR) is 40.7 cm³/mol. The van der Waals surface area contributed by atoms with Crippen molar-refractivity contribution in [2.45, 2.75) is 13.3 Å². The summed E-state index contributed by atoms with van der Waals surface area (Å²) in [4.78, 5) is 15.9. The van der Waals surface area contributed by atoms with Crippen LogP contribution in [-0.2, 0) is 4.84 Å². The normalized spacial score (nSPS) is 10.1. The first kappa shape index (κ1) is 10.2. The third kappa shape index (κ3) is 7.05. The van der Waals surface area contributed by atoms with Crippen molar-refractivity contribution < 1.29 is 9.92 Å². The second kappa shape index (κ2) is 5.91. The van der Waals surface area contributed by atoms with Crippen molar-refractivity contribution in [3.05, 3.63) is 10.1 Å². The lowest BCUT2D eigenvalue weighted by atomic mass is 10.4. The first-order valence-electron chi connectivity index (χ1n) is 3.62. The van der Waals surface area contributed by atoms with Crippen molar-refractivity contribution in [2.24, 2.45) is 0 Å². The molecule has 0 fully saturated rings. The molecular formula is C6H14N2O3. The Morgan fingerprint density at radius 1 is 1.64 bits per heavy atom. The molecule has 0 radical (unpaired) electrons. The van der Waals surface area contributed by atoms with Gasteiger partial charge in [-0.2, -0.15) is 0 Å². The van der Waals surface area contributed by atoms with Crippen LogP contribution in [0.2, 0.25) is 0 Å². The van der Waals surface area contributed by atoms with E-state index in [0.29, 0.717) is 6.42 Å². The third-order valence-corrected chi connectivity index (χ3v) is 1.42. The van der Waals surface area contributed by atoms with E-state index < -0.39 is 5.09 Å². The van der Waals surface area contributed by atoms with Gasteiger partial charge in [-0.25, -0.2) is 0 Å². The molecule has 0 aromatic heterocycles. The first-order chi connectivity index (χ1) is 5.16. The SMILES string of the molecule is CCN(C)CCCO[N+](=O)[O-]. The van der Waals surface area contributed by atoms with Crippen LogP contribution in [-0.4, -0.2) is 36.7 Å². The van der Waals surface area contributed by atoms with Gasteiger partial charge in [0.15, 0.2) is 0 Å². The minimum absolute atomic E-state index is 0.192. The lowest BCUT2D eigenvalue weighted by Gasteiger charge is -2.12. The summed E-state index contributed by atoms with van der Waals surface area (Å²) < 4.78 is 0. The maximum Gasteiger partial charge on any atom is 0.294 e. The van der Waals surface area contributed by atoms with Gasteiger partial charge in [-0.3, -0.25) is 0 Å². The van der Waals surface area contributed by atoms with Crippen molar-refractivity contribution in [3.8, 4) is 0 Å². The Kier molecular flexibility index (Phi) is 5.46. The van der Waals surface area contributed by atoms with Crippen molar-refractivity contribution in [1.29, 1.82) is 0 Å². The van der Waals surface area contributed by atoms with Crippen LogP contribution in [0.5, 0.6) is 0 Å². The largest absolute Gasteiger partial charge is 0.314 e. The van der Waals surface area contributed by atoms with E-state index >= 15 is 0 Å². The summed E-state index contributed by atoms with van der Waals surface area (Å²) in [5.41, 5.74) is 0. The second-order valence-electron chi connectivity index (χ2n) is 2.31. The number of hydrogen-bond acceptors (Lipinski definition) is 4. The van der Waals surface area contributed by atoms with E-state index in [-0.39, 0.29) is 6.61 Å². The van der Waals surface area contributed by atoms with E-state index in [4.69, 9.17) is 0 Å². The van der Waals surface area contributed by atoms with Crippen LogP contribution in [0.25, 0.3) is 0 Å². The van der Waals surface area contributed by atoms with Gasteiger partial charge in [0.05, 0.1) is 6.61 Å². The lowest BCUT2D eigenvalue weighted by molar-refractivity contribution is -0.757. The van der Waals surface area contributed by atoms with Gasteiger partial charge in [-0.15, -0.1) is 10.1 Å². The van der Waals surface area contributed by atoms with Crippen molar-refractivity contribution in [3.63, 3.8) is 0 Å². The molecule has 0 atom stereocenters. The highest BCUT2D eigenvalue weighted by Crippen LogP contribution is 1.87. The maximum absolute atomic E-state index is 9.68. The van der Waals surface area contributed by atoms with Crippen LogP contribution in [0.1, 0.15) is 13.3 Å². The fourth-order valence-corrected chi connectivity index (χ4v) is 0.632. The lowest BCUT2D eigenvalue weighted by Crippen LogP contribution is -2.20. The number of rotatable bonds is 6. The van der Waals surface area contributed by atoms with Gasteiger partial charge in [0, 0.05) is 0 Å². The molecule has 0 unspecified atom stereocenters. The summed E-state index contributed by atoms with van der Waals surface area (Å²) in [6.45, 7) is 4.02. The van der Waals surface area contributed by atoms with Gasteiger partial charge in [-0.1, -0.05) is 6.92 Å². The fourth-order valence-electron chi connectivity index (χ4n) is 0.632. The molecule has 0 aromatic rings. The van der Waals surface area contributed by atoms with E-state index in [0.717, 1.165) is 13.1 Å². The molecule has 5 heteroatoms. The Hall–Kier alpha value is -0.840. The van der Waals surface area contributed by atoms with Crippen LogP contribution >= 0.6 is 0 Å². The van der Waals surface area contributed by atoms with Gasteiger partial charge in [0.2, 0.25) is 0 Å². The molecule has 0 N–H and O–H groups in total. The second-order valence-corrected chi connectivity index (χ2v) is 2.31. The van der Waals surface area contributed by atoms with Crippen LogP contribution in [0.3, 0.4) is 0 Å². The highest BCUT2D eigenvalue weighted by molar-refractivity contribution is 4.45. The van der Waals surface area contributed by atoms with E-state index in [9.17, 15) is 10.1 Å². The molecule has 0 aliphatic carbocycles. The molecule has 0 heterocycles. The molecule has 0 saturated heterocycles. The molecule has 0 bridgehead atoms. The van der Waals surface area contributed by atoms with Gasteiger partial charge >= 0.3 is 0 Å². The molecule has 11 heavy (non-hydrogen) atoms. The Morgan fingerprint density at radius 2 is 2.27 bits per heavy atom. The number of nitrogens with zero attached hydrogens (tertiary/aromatic N) is 2. The summed E-state index contributed by atoms with van der Waals surface area (Å²) in [6, 6.07) is 0. The smallest absolute Gasteiger partial charge is 0.294 e. The zero-order valence-corrected chi connectivity index (χ0v) is 6.95. The van der Waals surface area contributed by atoms with E-state index in [1.165, 1.54) is 0 Å². The average Bonchev–Trinajstić information content (AvgIpc) is 1.97. The highest BCUT2D eigenvalue weighted by Gasteiger charge is 1.96. The third-order valence-electron chi connectivity index (χ3n) is 1.42. The maximum atomic E-state index is 9.68.